The van der Waals surface area contributed by atoms with Gasteiger partial charge in [0.15, 0.2) is 0 Å². The molecular weight excluding hydrogens is 182 g/mol. The fourth-order valence-corrected chi connectivity index (χ4v) is 1.45. The minimum absolute atomic E-state index is 0.0630. The smallest absolute Gasteiger partial charge is 0.239 e. The highest BCUT2D eigenvalue weighted by Crippen LogP contribution is 2.06. The van der Waals surface area contributed by atoms with Gasteiger partial charge in [0, 0.05) is 7.05 Å². The fourth-order valence-electron chi connectivity index (χ4n) is 1.45. The van der Waals surface area contributed by atoms with Crippen molar-refractivity contribution in [1.82, 2.24) is 16.0 Å². The van der Waals surface area contributed by atoms with Gasteiger partial charge in [-0.25, -0.2) is 0 Å². The summed E-state index contributed by atoms with van der Waals surface area (Å²) >= 11 is 0. The molecule has 1 heterocycles. The van der Waals surface area contributed by atoms with Crippen LogP contribution in [0.4, 0.5) is 0 Å². The minimum atomic E-state index is -0.172. The van der Waals surface area contributed by atoms with Gasteiger partial charge in [0.25, 0.3) is 0 Å². The first kappa shape index (κ1) is 11.0. The van der Waals surface area contributed by atoms with E-state index < -0.39 is 0 Å². The van der Waals surface area contributed by atoms with Crippen molar-refractivity contribution in [2.24, 2.45) is 0 Å². The molecule has 1 fully saturated rings. The predicted octanol–water partition coefficient (Wildman–Crippen LogP) is -1.01. The van der Waals surface area contributed by atoms with E-state index in [9.17, 15) is 9.59 Å². The maximum atomic E-state index is 11.5. The first-order chi connectivity index (χ1) is 6.74. The lowest BCUT2D eigenvalue weighted by atomic mass is 10.0. The summed E-state index contributed by atoms with van der Waals surface area (Å²) in [4.78, 5) is 22.3. The van der Waals surface area contributed by atoms with Crippen LogP contribution in [0.3, 0.4) is 0 Å². The van der Waals surface area contributed by atoms with Crippen LogP contribution in [0.5, 0.6) is 0 Å². The Hall–Kier alpha value is -1.10. The molecule has 0 bridgehead atoms. The topological polar surface area (TPSA) is 70.2 Å². The SMILES string of the molecule is CNC(=O)CNC(=O)[C@@H]1CCCCN1. The van der Waals surface area contributed by atoms with Gasteiger partial charge in [0.1, 0.15) is 0 Å². The molecule has 0 aliphatic carbocycles. The van der Waals surface area contributed by atoms with Crippen LogP contribution in [0.2, 0.25) is 0 Å². The highest BCUT2D eigenvalue weighted by molar-refractivity contribution is 5.87. The van der Waals surface area contributed by atoms with E-state index in [1.807, 2.05) is 0 Å². The zero-order chi connectivity index (χ0) is 10.4. The Morgan fingerprint density at radius 2 is 2.21 bits per heavy atom. The number of carbonyl (C=O) groups is 2. The number of likely N-dealkylation sites (N-methyl/N-ethyl adjacent to an activating group) is 1. The molecule has 14 heavy (non-hydrogen) atoms. The molecule has 2 amide bonds. The molecule has 0 radical (unpaired) electrons. The molecule has 1 aliphatic rings. The monoisotopic (exact) mass is 199 g/mol. The molecule has 80 valence electrons. The average Bonchev–Trinajstić information content (AvgIpc) is 2.26. The van der Waals surface area contributed by atoms with E-state index in [4.69, 9.17) is 0 Å². The van der Waals surface area contributed by atoms with Gasteiger partial charge in [-0.05, 0) is 19.4 Å². The van der Waals surface area contributed by atoms with Crippen LogP contribution in [0.15, 0.2) is 0 Å². The van der Waals surface area contributed by atoms with Crippen LogP contribution in [-0.4, -0.2) is 38.0 Å². The molecule has 0 aromatic rings. The van der Waals surface area contributed by atoms with E-state index in [0.29, 0.717) is 0 Å². The van der Waals surface area contributed by atoms with E-state index in [0.717, 1.165) is 25.8 Å². The Bertz CT molecular complexity index is 212. The molecule has 0 aromatic heterocycles. The molecule has 1 aliphatic heterocycles. The van der Waals surface area contributed by atoms with Crippen molar-refractivity contribution in [3.05, 3.63) is 0 Å². The van der Waals surface area contributed by atoms with Crippen molar-refractivity contribution in [2.75, 3.05) is 20.1 Å². The summed E-state index contributed by atoms with van der Waals surface area (Å²) < 4.78 is 0. The van der Waals surface area contributed by atoms with Gasteiger partial charge in [-0.2, -0.15) is 0 Å². The Kier molecular flexibility index (Phi) is 4.39. The number of hydrogen-bond donors (Lipinski definition) is 3. The standard InChI is InChI=1S/C9H17N3O2/c1-10-8(13)6-12-9(14)7-4-2-3-5-11-7/h7,11H,2-6H2,1H3,(H,10,13)(H,12,14)/t7-/m0/s1. The molecule has 0 spiro atoms. The number of piperidine rings is 1. The lowest BCUT2D eigenvalue weighted by molar-refractivity contribution is -0.127. The highest BCUT2D eigenvalue weighted by Gasteiger charge is 2.20. The Morgan fingerprint density at radius 1 is 1.43 bits per heavy atom. The van der Waals surface area contributed by atoms with Gasteiger partial charge in [0.05, 0.1) is 12.6 Å². The van der Waals surface area contributed by atoms with E-state index in [1.54, 1.807) is 7.05 Å². The summed E-state index contributed by atoms with van der Waals surface area (Å²) in [5.74, 6) is -0.248. The quantitative estimate of drug-likeness (QED) is 0.545. The molecule has 1 saturated heterocycles. The van der Waals surface area contributed by atoms with E-state index in [1.165, 1.54) is 0 Å². The molecule has 1 rings (SSSR count). The fraction of sp³-hybridized carbons (Fsp3) is 0.778. The number of amides is 2. The van der Waals surface area contributed by atoms with Crippen LogP contribution in [0.25, 0.3) is 0 Å². The lowest BCUT2D eigenvalue weighted by Gasteiger charge is -2.22. The summed E-state index contributed by atoms with van der Waals surface area (Å²) in [5, 5.41) is 8.16. The van der Waals surface area contributed by atoms with Crippen molar-refractivity contribution in [3.63, 3.8) is 0 Å². The van der Waals surface area contributed by atoms with Crippen LogP contribution < -0.4 is 16.0 Å². The first-order valence-electron chi connectivity index (χ1n) is 4.95. The van der Waals surface area contributed by atoms with E-state index in [2.05, 4.69) is 16.0 Å². The summed E-state index contributed by atoms with van der Waals surface area (Å²) in [7, 11) is 1.55. The predicted molar refractivity (Wildman–Crippen MR) is 52.7 cm³/mol. The van der Waals surface area contributed by atoms with Gasteiger partial charge < -0.3 is 16.0 Å². The summed E-state index contributed by atoms with van der Waals surface area (Å²) in [6.45, 7) is 0.950. The molecular formula is C9H17N3O2. The maximum Gasteiger partial charge on any atom is 0.239 e. The molecule has 0 unspecified atom stereocenters. The van der Waals surface area contributed by atoms with E-state index in [-0.39, 0.29) is 24.4 Å². The van der Waals surface area contributed by atoms with Crippen LogP contribution in [-0.2, 0) is 9.59 Å². The van der Waals surface area contributed by atoms with Gasteiger partial charge in [0.2, 0.25) is 11.8 Å². The molecule has 1 atom stereocenters. The molecule has 3 N–H and O–H groups in total. The molecule has 5 heteroatoms. The van der Waals surface area contributed by atoms with Gasteiger partial charge >= 0.3 is 0 Å². The zero-order valence-corrected chi connectivity index (χ0v) is 8.43. The summed E-state index contributed by atoms with van der Waals surface area (Å²) in [6.07, 6.45) is 3.06. The van der Waals surface area contributed by atoms with Gasteiger partial charge in [-0.1, -0.05) is 6.42 Å². The third-order valence-electron chi connectivity index (χ3n) is 2.33. The van der Waals surface area contributed by atoms with Crippen molar-refractivity contribution in [3.8, 4) is 0 Å². The number of carbonyl (C=O) groups excluding carboxylic acids is 2. The second-order valence-electron chi connectivity index (χ2n) is 3.39. The lowest BCUT2D eigenvalue weighted by Crippen LogP contribution is -2.48. The van der Waals surface area contributed by atoms with Crippen LogP contribution >= 0.6 is 0 Å². The molecule has 0 aromatic carbocycles. The minimum Gasteiger partial charge on any atom is -0.358 e. The Labute approximate surface area is 83.6 Å². The normalized spacial score (nSPS) is 21.4. The van der Waals surface area contributed by atoms with Crippen molar-refractivity contribution < 1.29 is 9.59 Å². The Morgan fingerprint density at radius 3 is 2.79 bits per heavy atom. The molecule has 0 saturated carbocycles. The van der Waals surface area contributed by atoms with E-state index >= 15 is 0 Å². The highest BCUT2D eigenvalue weighted by atomic mass is 16.2. The number of rotatable bonds is 3. The summed E-state index contributed by atoms with van der Waals surface area (Å²) in [5.41, 5.74) is 0. The van der Waals surface area contributed by atoms with Gasteiger partial charge in [-0.15, -0.1) is 0 Å². The van der Waals surface area contributed by atoms with Crippen molar-refractivity contribution >= 4 is 11.8 Å². The van der Waals surface area contributed by atoms with Crippen LogP contribution in [0, 0.1) is 0 Å². The first-order valence-corrected chi connectivity index (χ1v) is 4.95. The largest absolute Gasteiger partial charge is 0.358 e. The number of nitrogens with one attached hydrogen (secondary N) is 3. The second kappa shape index (κ2) is 5.59. The third kappa shape index (κ3) is 3.33. The third-order valence-corrected chi connectivity index (χ3v) is 2.33. The van der Waals surface area contributed by atoms with Crippen molar-refractivity contribution in [1.29, 1.82) is 0 Å². The second-order valence-corrected chi connectivity index (χ2v) is 3.39. The zero-order valence-electron chi connectivity index (χ0n) is 8.43. The Balaban J connectivity index is 2.23. The van der Waals surface area contributed by atoms with Crippen LogP contribution in [0.1, 0.15) is 19.3 Å². The average molecular weight is 199 g/mol. The maximum absolute atomic E-state index is 11.5. The summed E-state index contributed by atoms with van der Waals surface area (Å²) in [6, 6.07) is -0.117. The molecule has 5 nitrogen and oxygen atoms in total. The number of hydrogen-bond acceptors (Lipinski definition) is 3. The van der Waals surface area contributed by atoms with Crippen molar-refractivity contribution in [2.45, 2.75) is 25.3 Å². The van der Waals surface area contributed by atoms with Gasteiger partial charge in [-0.3, -0.25) is 9.59 Å².